The zero-order chi connectivity index (χ0) is 32.3. The van der Waals surface area contributed by atoms with Gasteiger partial charge in [0.15, 0.2) is 23.0 Å². The van der Waals surface area contributed by atoms with Crippen molar-refractivity contribution in [2.24, 2.45) is 0 Å². The molecule has 1 atom stereocenters. The molecule has 6 rings (SSSR count). The molecule has 0 aromatic heterocycles. The molecule has 0 spiro atoms. The lowest BCUT2D eigenvalue weighted by atomic mass is 9.87. The lowest BCUT2D eigenvalue weighted by molar-refractivity contribution is -0.209. The zero-order valence-electron chi connectivity index (χ0n) is 26.9. The highest BCUT2D eigenvalue weighted by Crippen LogP contribution is 2.50. The van der Waals surface area contributed by atoms with E-state index in [9.17, 15) is 4.79 Å². The minimum Gasteiger partial charge on any atom is -0.497 e. The SMILES string of the molecule is COc1ccc(C2(OCCN3CCN(C)CC3)OC(=O)C(c3ccc4c(c3)OCO4)=C2Cc2cc(OC)c(OC)c(OC)c2)cc1. The predicted molar refractivity (Wildman–Crippen MR) is 170 cm³/mol. The molecular formula is C35H40N2O9. The van der Waals surface area contributed by atoms with Gasteiger partial charge in [-0.1, -0.05) is 6.07 Å². The number of methoxy groups -OCH3 is 4. The van der Waals surface area contributed by atoms with Crippen LogP contribution in [0.3, 0.4) is 0 Å². The van der Waals surface area contributed by atoms with Crippen molar-refractivity contribution in [2.45, 2.75) is 12.2 Å². The minimum atomic E-state index is -1.53. The number of benzene rings is 3. The maximum absolute atomic E-state index is 14.1. The molecule has 46 heavy (non-hydrogen) atoms. The van der Waals surface area contributed by atoms with Gasteiger partial charge in [-0.05, 0) is 66.7 Å². The Morgan fingerprint density at radius 3 is 2.15 bits per heavy atom. The molecule has 0 aliphatic carbocycles. The van der Waals surface area contributed by atoms with E-state index in [4.69, 9.17) is 37.9 Å². The number of carbonyl (C=O) groups excluding carboxylic acids is 1. The number of esters is 1. The average molecular weight is 633 g/mol. The summed E-state index contributed by atoms with van der Waals surface area (Å²) < 4.78 is 46.8. The van der Waals surface area contributed by atoms with Gasteiger partial charge in [0.05, 0.1) is 40.6 Å². The molecule has 3 heterocycles. The van der Waals surface area contributed by atoms with Gasteiger partial charge in [0.1, 0.15) is 5.75 Å². The number of ether oxygens (including phenoxy) is 8. The van der Waals surface area contributed by atoms with Crippen LogP contribution in [-0.4, -0.2) is 97.4 Å². The Hall–Kier alpha value is -4.45. The molecule has 244 valence electrons. The molecule has 11 nitrogen and oxygen atoms in total. The van der Waals surface area contributed by atoms with E-state index in [2.05, 4.69) is 16.8 Å². The molecule has 0 bridgehead atoms. The first kappa shape index (κ1) is 31.5. The van der Waals surface area contributed by atoms with Gasteiger partial charge in [-0.25, -0.2) is 4.79 Å². The Labute approximate surface area is 269 Å². The fraction of sp³-hybridized carbons (Fsp3) is 0.400. The van der Waals surface area contributed by atoms with Gasteiger partial charge >= 0.3 is 5.97 Å². The Balaban J connectivity index is 1.48. The average Bonchev–Trinajstić information content (AvgIpc) is 3.66. The van der Waals surface area contributed by atoms with Crippen molar-refractivity contribution in [2.75, 3.05) is 81.6 Å². The van der Waals surface area contributed by atoms with E-state index in [-0.39, 0.29) is 13.2 Å². The van der Waals surface area contributed by atoms with Crippen molar-refractivity contribution in [1.29, 1.82) is 0 Å². The van der Waals surface area contributed by atoms with E-state index < -0.39 is 11.8 Å². The van der Waals surface area contributed by atoms with Crippen molar-refractivity contribution < 1.29 is 42.7 Å². The van der Waals surface area contributed by atoms with Crippen LogP contribution in [0.2, 0.25) is 0 Å². The lowest BCUT2D eigenvalue weighted by Gasteiger charge is -2.35. The standard InChI is InChI=1S/C35H40N2O9/c1-36-12-14-37(15-13-36)16-17-45-35(25-7-9-26(39-2)10-8-25)27(18-23-19-30(40-3)33(42-5)31(20-23)41-4)32(34(38)46-35)24-6-11-28-29(21-24)44-22-43-28/h6-11,19-21H,12-18,22H2,1-5H3. The van der Waals surface area contributed by atoms with E-state index in [0.29, 0.717) is 69.9 Å². The maximum Gasteiger partial charge on any atom is 0.342 e. The second kappa shape index (κ2) is 13.5. The summed E-state index contributed by atoms with van der Waals surface area (Å²) in [6.45, 7) is 4.97. The number of piperazine rings is 1. The number of cyclic esters (lactones) is 1. The molecule has 3 aromatic carbocycles. The summed E-state index contributed by atoms with van der Waals surface area (Å²) in [5, 5.41) is 0. The van der Waals surface area contributed by atoms with Gasteiger partial charge in [0, 0.05) is 50.3 Å². The number of likely N-dealkylation sites (N-methyl/N-ethyl adjacent to an activating group) is 1. The number of carbonyl (C=O) groups is 1. The number of fused-ring (bicyclic) bond motifs is 1. The van der Waals surface area contributed by atoms with Gasteiger partial charge in [0.2, 0.25) is 12.5 Å². The largest absolute Gasteiger partial charge is 0.497 e. The van der Waals surface area contributed by atoms with Gasteiger partial charge in [0.25, 0.3) is 5.79 Å². The van der Waals surface area contributed by atoms with Crippen molar-refractivity contribution in [3.63, 3.8) is 0 Å². The van der Waals surface area contributed by atoms with Crippen LogP contribution in [0.4, 0.5) is 0 Å². The van der Waals surface area contributed by atoms with E-state index >= 15 is 0 Å². The molecule has 3 aromatic rings. The van der Waals surface area contributed by atoms with Crippen LogP contribution in [0.5, 0.6) is 34.5 Å². The van der Waals surface area contributed by atoms with Crippen molar-refractivity contribution in [1.82, 2.24) is 9.80 Å². The first-order chi connectivity index (χ1) is 22.4. The second-order valence-corrected chi connectivity index (χ2v) is 11.4. The molecule has 1 saturated heterocycles. The monoisotopic (exact) mass is 632 g/mol. The summed E-state index contributed by atoms with van der Waals surface area (Å²) >= 11 is 0. The summed E-state index contributed by atoms with van der Waals surface area (Å²) in [5.74, 6) is 1.29. The molecular weight excluding hydrogens is 592 g/mol. The zero-order valence-corrected chi connectivity index (χ0v) is 26.9. The van der Waals surface area contributed by atoms with Crippen LogP contribution >= 0.6 is 0 Å². The summed E-state index contributed by atoms with van der Waals surface area (Å²) in [7, 11) is 8.45. The van der Waals surface area contributed by atoms with Crippen LogP contribution < -0.4 is 28.4 Å². The number of rotatable bonds is 12. The van der Waals surface area contributed by atoms with Crippen LogP contribution in [0.1, 0.15) is 16.7 Å². The van der Waals surface area contributed by atoms with Crippen LogP contribution in [-0.2, 0) is 26.5 Å². The van der Waals surface area contributed by atoms with Gasteiger partial charge in [-0.3, -0.25) is 4.90 Å². The van der Waals surface area contributed by atoms with Crippen molar-refractivity contribution in [3.05, 3.63) is 76.9 Å². The van der Waals surface area contributed by atoms with Gasteiger partial charge < -0.3 is 42.8 Å². The number of hydrogen-bond donors (Lipinski definition) is 0. The van der Waals surface area contributed by atoms with E-state index in [1.807, 2.05) is 48.5 Å². The molecule has 11 heteroatoms. The first-order valence-electron chi connectivity index (χ1n) is 15.2. The Morgan fingerprint density at radius 2 is 1.50 bits per heavy atom. The van der Waals surface area contributed by atoms with E-state index in [1.165, 1.54) is 0 Å². The molecule has 1 fully saturated rings. The highest BCUT2D eigenvalue weighted by molar-refractivity contribution is 6.20. The summed E-state index contributed by atoms with van der Waals surface area (Å²) in [6.07, 6.45) is 0.271. The van der Waals surface area contributed by atoms with Gasteiger partial charge in [-0.2, -0.15) is 0 Å². The molecule has 0 amide bonds. The summed E-state index contributed by atoms with van der Waals surface area (Å²) in [4.78, 5) is 18.8. The molecule has 1 unspecified atom stereocenters. The Kier molecular flexibility index (Phi) is 9.25. The molecule has 0 saturated carbocycles. The summed E-state index contributed by atoms with van der Waals surface area (Å²) in [6, 6.07) is 16.6. The molecule has 3 aliphatic heterocycles. The van der Waals surface area contributed by atoms with Crippen LogP contribution in [0.25, 0.3) is 5.57 Å². The Bertz CT molecular complexity index is 1570. The third kappa shape index (κ3) is 6.05. The molecule has 3 aliphatic rings. The van der Waals surface area contributed by atoms with Crippen LogP contribution in [0.15, 0.2) is 60.2 Å². The fourth-order valence-corrected chi connectivity index (χ4v) is 6.15. The quantitative estimate of drug-likeness (QED) is 0.270. The van der Waals surface area contributed by atoms with Crippen LogP contribution in [0, 0.1) is 0 Å². The van der Waals surface area contributed by atoms with Crippen molar-refractivity contribution >= 4 is 11.5 Å². The summed E-state index contributed by atoms with van der Waals surface area (Å²) in [5.41, 5.74) is 3.13. The second-order valence-electron chi connectivity index (χ2n) is 11.4. The van der Waals surface area contributed by atoms with Crippen molar-refractivity contribution in [3.8, 4) is 34.5 Å². The lowest BCUT2D eigenvalue weighted by Crippen LogP contribution is -2.46. The fourth-order valence-electron chi connectivity index (χ4n) is 6.15. The normalized spacial score (nSPS) is 19.7. The third-order valence-corrected chi connectivity index (χ3v) is 8.69. The Morgan fingerprint density at radius 1 is 0.804 bits per heavy atom. The third-order valence-electron chi connectivity index (χ3n) is 8.69. The molecule has 0 N–H and O–H groups in total. The molecule has 0 radical (unpaired) electrons. The minimum absolute atomic E-state index is 0.117. The number of hydrogen-bond acceptors (Lipinski definition) is 11. The van der Waals surface area contributed by atoms with E-state index in [0.717, 1.165) is 31.7 Å². The van der Waals surface area contributed by atoms with E-state index in [1.54, 1.807) is 34.5 Å². The first-order valence-corrected chi connectivity index (χ1v) is 15.2. The highest BCUT2D eigenvalue weighted by atomic mass is 16.7. The van der Waals surface area contributed by atoms with Gasteiger partial charge in [-0.15, -0.1) is 0 Å². The number of nitrogens with zero attached hydrogens (tertiary/aromatic N) is 2. The smallest absolute Gasteiger partial charge is 0.342 e. The predicted octanol–water partition coefficient (Wildman–Crippen LogP) is 4.12. The topological polar surface area (TPSA) is 97.4 Å². The highest BCUT2D eigenvalue weighted by Gasteiger charge is 2.51. The maximum atomic E-state index is 14.1.